The number of nitrogens with zero attached hydrogens (tertiary/aromatic N) is 2. The largest absolute Gasteiger partial charge is 0.371 e. The van der Waals surface area contributed by atoms with Gasteiger partial charge in [-0.05, 0) is 80.6 Å². The molecule has 0 radical (unpaired) electrons. The van der Waals surface area contributed by atoms with E-state index in [4.69, 9.17) is 4.99 Å². The zero-order chi connectivity index (χ0) is 33.7. The number of fused-ring (bicyclic) bond motifs is 6. The lowest BCUT2D eigenvalue weighted by Crippen LogP contribution is -2.25. The minimum atomic E-state index is -0.129. The van der Waals surface area contributed by atoms with Gasteiger partial charge in [-0.3, -0.25) is 0 Å². The maximum absolute atomic E-state index is 5.24. The molecule has 9 aromatic rings. The summed E-state index contributed by atoms with van der Waals surface area (Å²) in [5, 5.41) is 8.87. The minimum Gasteiger partial charge on any atom is -0.371 e. The average Bonchev–Trinajstić information content (AvgIpc) is 3.55. The van der Waals surface area contributed by atoms with E-state index in [9.17, 15) is 0 Å². The summed E-state index contributed by atoms with van der Waals surface area (Å²) in [5.74, 6) is 0. The Hall–Kier alpha value is -6.71. The topological polar surface area (TPSA) is 29.3 Å². The van der Waals surface area contributed by atoms with Crippen molar-refractivity contribution >= 4 is 49.7 Å². The van der Waals surface area contributed by atoms with Crippen LogP contribution in [0.1, 0.15) is 17.2 Å². The Balaban J connectivity index is 1.25. The molecular weight excluding hydrogens is 619 g/mol. The van der Waals surface area contributed by atoms with Gasteiger partial charge >= 0.3 is 0 Å². The summed E-state index contributed by atoms with van der Waals surface area (Å²) in [7, 11) is 0. The number of aromatic nitrogens is 1. The Morgan fingerprint density at radius 3 is 1.90 bits per heavy atom. The van der Waals surface area contributed by atoms with E-state index in [1.807, 2.05) is 6.07 Å². The SMILES string of the molecule is c1ccc(C2=Nc3ccccc3NC2c2cccc(-n3c4cc(-c5ccccc5)ccc4c4c5ccccc5c(-c5ccccc5)cc43)c2)cc1. The van der Waals surface area contributed by atoms with E-state index in [-0.39, 0.29) is 6.04 Å². The molecule has 1 N–H and O–H groups in total. The Kier molecular flexibility index (Phi) is 6.88. The smallest absolute Gasteiger partial charge is 0.0947 e. The van der Waals surface area contributed by atoms with Crippen molar-refractivity contribution in [2.24, 2.45) is 4.99 Å². The van der Waals surface area contributed by atoms with Crippen molar-refractivity contribution < 1.29 is 0 Å². The van der Waals surface area contributed by atoms with Gasteiger partial charge in [0.05, 0.1) is 34.2 Å². The van der Waals surface area contributed by atoms with Crippen molar-refractivity contribution in [1.29, 1.82) is 0 Å². The lowest BCUT2D eigenvalue weighted by atomic mass is 9.93. The van der Waals surface area contributed by atoms with Gasteiger partial charge < -0.3 is 9.88 Å². The van der Waals surface area contributed by atoms with E-state index in [0.29, 0.717) is 0 Å². The molecule has 0 bridgehead atoms. The van der Waals surface area contributed by atoms with E-state index >= 15 is 0 Å². The number of hydrogen-bond donors (Lipinski definition) is 1. The van der Waals surface area contributed by atoms with Crippen LogP contribution in [-0.2, 0) is 0 Å². The Labute approximate surface area is 296 Å². The molecule has 1 aromatic heterocycles. The van der Waals surface area contributed by atoms with Gasteiger partial charge in [0.15, 0.2) is 0 Å². The molecular formula is C48H33N3. The minimum absolute atomic E-state index is 0.129. The average molecular weight is 652 g/mol. The Morgan fingerprint density at radius 2 is 1.12 bits per heavy atom. The lowest BCUT2D eigenvalue weighted by Gasteiger charge is -2.28. The Bertz CT molecular complexity index is 2760. The third kappa shape index (κ3) is 4.94. The number of rotatable bonds is 5. The normalized spacial score (nSPS) is 14.0. The second-order valence-corrected chi connectivity index (χ2v) is 13.2. The maximum Gasteiger partial charge on any atom is 0.0947 e. The van der Waals surface area contributed by atoms with Crippen molar-refractivity contribution in [2.45, 2.75) is 6.04 Å². The summed E-state index contributed by atoms with van der Waals surface area (Å²) in [6.45, 7) is 0. The molecule has 1 atom stereocenters. The van der Waals surface area contributed by atoms with Crippen LogP contribution < -0.4 is 5.32 Å². The number of aliphatic imine (C=N–C) groups is 1. The van der Waals surface area contributed by atoms with Gasteiger partial charge in [-0.2, -0.15) is 0 Å². The molecule has 1 aliphatic heterocycles. The summed E-state index contributed by atoms with van der Waals surface area (Å²) >= 11 is 0. The van der Waals surface area contributed by atoms with Crippen LogP contribution >= 0.6 is 0 Å². The molecule has 0 spiro atoms. The quantitative estimate of drug-likeness (QED) is 0.197. The van der Waals surface area contributed by atoms with E-state index in [1.54, 1.807) is 0 Å². The molecule has 51 heavy (non-hydrogen) atoms. The van der Waals surface area contributed by atoms with Crippen LogP contribution in [-0.4, -0.2) is 10.3 Å². The van der Waals surface area contributed by atoms with Crippen LogP contribution in [0.3, 0.4) is 0 Å². The van der Waals surface area contributed by atoms with Crippen LogP contribution in [0, 0.1) is 0 Å². The molecule has 0 saturated carbocycles. The highest BCUT2D eigenvalue weighted by atomic mass is 15.0. The first-order chi connectivity index (χ1) is 25.3. The molecule has 8 aromatic carbocycles. The molecule has 1 unspecified atom stereocenters. The van der Waals surface area contributed by atoms with Crippen molar-refractivity contribution in [3.63, 3.8) is 0 Å². The first-order valence-corrected chi connectivity index (χ1v) is 17.5. The fourth-order valence-corrected chi connectivity index (χ4v) is 7.86. The van der Waals surface area contributed by atoms with E-state index < -0.39 is 0 Å². The molecule has 240 valence electrons. The second kappa shape index (κ2) is 12.0. The molecule has 0 fully saturated rings. The monoisotopic (exact) mass is 651 g/mol. The number of benzene rings is 8. The highest BCUT2D eigenvalue weighted by molar-refractivity contribution is 6.24. The first-order valence-electron chi connectivity index (χ1n) is 17.5. The zero-order valence-electron chi connectivity index (χ0n) is 27.9. The molecule has 2 heterocycles. The summed E-state index contributed by atoms with van der Waals surface area (Å²) < 4.78 is 2.47. The third-order valence-corrected chi connectivity index (χ3v) is 10.2. The second-order valence-electron chi connectivity index (χ2n) is 13.2. The summed E-state index contributed by atoms with van der Waals surface area (Å²) in [6, 6.07) is 67.3. The lowest BCUT2D eigenvalue weighted by molar-refractivity contribution is 1.01. The Morgan fingerprint density at radius 1 is 0.451 bits per heavy atom. The predicted octanol–water partition coefficient (Wildman–Crippen LogP) is 12.6. The predicted molar refractivity (Wildman–Crippen MR) is 215 cm³/mol. The zero-order valence-corrected chi connectivity index (χ0v) is 27.9. The van der Waals surface area contributed by atoms with Crippen molar-refractivity contribution in [2.75, 3.05) is 5.32 Å². The van der Waals surface area contributed by atoms with Crippen LogP contribution in [0.2, 0.25) is 0 Å². The molecule has 10 rings (SSSR count). The first kappa shape index (κ1) is 29.2. The summed E-state index contributed by atoms with van der Waals surface area (Å²) in [5.41, 5.74) is 13.6. The standard InChI is InChI=1S/C48H33N3/c1-4-15-32(16-5-1)35-27-28-40-44(30-35)51(45-31-41(33-17-6-2-7-18-33)38-23-10-11-24-39(38)46(40)45)37-22-14-21-36(29-37)48-47(34-19-8-3-9-20-34)49-42-25-12-13-26-43(42)50-48/h1-31,48,50H. The third-order valence-electron chi connectivity index (χ3n) is 10.2. The van der Waals surface area contributed by atoms with Crippen molar-refractivity contribution in [3.05, 3.63) is 199 Å². The van der Waals surface area contributed by atoms with Gasteiger partial charge in [-0.15, -0.1) is 0 Å². The van der Waals surface area contributed by atoms with Crippen LogP contribution in [0.25, 0.3) is 60.5 Å². The number of para-hydroxylation sites is 2. The molecule has 0 aliphatic carbocycles. The number of nitrogens with one attached hydrogen (secondary N) is 1. The van der Waals surface area contributed by atoms with Gasteiger partial charge in [0.1, 0.15) is 0 Å². The van der Waals surface area contributed by atoms with E-state index in [2.05, 4.69) is 192 Å². The molecule has 0 saturated heterocycles. The summed E-state index contributed by atoms with van der Waals surface area (Å²) in [4.78, 5) is 5.24. The van der Waals surface area contributed by atoms with E-state index in [1.165, 1.54) is 54.8 Å². The molecule has 3 nitrogen and oxygen atoms in total. The molecule has 1 aliphatic rings. The van der Waals surface area contributed by atoms with Gasteiger partial charge in [0.25, 0.3) is 0 Å². The van der Waals surface area contributed by atoms with Gasteiger partial charge in [0, 0.05) is 16.5 Å². The van der Waals surface area contributed by atoms with Gasteiger partial charge in [0.2, 0.25) is 0 Å². The molecule has 0 amide bonds. The fraction of sp³-hybridized carbons (Fsp3) is 0.0208. The van der Waals surface area contributed by atoms with E-state index in [0.717, 1.165) is 33.9 Å². The van der Waals surface area contributed by atoms with Crippen molar-refractivity contribution in [3.8, 4) is 27.9 Å². The fourth-order valence-electron chi connectivity index (χ4n) is 7.86. The molecule has 3 heteroatoms. The van der Waals surface area contributed by atoms with Crippen LogP contribution in [0.15, 0.2) is 193 Å². The van der Waals surface area contributed by atoms with Crippen LogP contribution in [0.5, 0.6) is 0 Å². The summed E-state index contributed by atoms with van der Waals surface area (Å²) in [6.07, 6.45) is 0. The van der Waals surface area contributed by atoms with Gasteiger partial charge in [-0.1, -0.05) is 152 Å². The highest BCUT2D eigenvalue weighted by Crippen LogP contribution is 2.43. The van der Waals surface area contributed by atoms with Gasteiger partial charge in [-0.25, -0.2) is 4.99 Å². The van der Waals surface area contributed by atoms with Crippen LogP contribution in [0.4, 0.5) is 11.4 Å². The number of anilines is 1. The number of hydrogen-bond acceptors (Lipinski definition) is 2. The maximum atomic E-state index is 5.24. The van der Waals surface area contributed by atoms with Crippen molar-refractivity contribution in [1.82, 2.24) is 4.57 Å². The highest BCUT2D eigenvalue weighted by Gasteiger charge is 2.26.